The van der Waals surface area contributed by atoms with E-state index in [1.807, 2.05) is 35.7 Å². The highest BCUT2D eigenvalue weighted by Gasteiger charge is 2.26. The summed E-state index contributed by atoms with van der Waals surface area (Å²) in [5.41, 5.74) is 9.47. The Hall–Kier alpha value is -3.95. The molecule has 1 aliphatic rings. The average Bonchev–Trinajstić information content (AvgIpc) is 3.39. The van der Waals surface area contributed by atoms with Gasteiger partial charge in [-0.1, -0.05) is 6.07 Å². The molecular weight excluding hydrogens is 477 g/mol. The molecule has 0 spiro atoms. The standard InChI is InChI=1S/C27H22FN5O2S/c28-21-4-1-17(23(27(29)34)25-26-16(5-7-30-25)6-12-36-26)13-20(21)24-19-3-2-18(14-22(19)31-15-32-24)33-8-10-35-11-9-33/h1-7,12-15,23H,8-11H2,(H2,29,34). The number of amides is 1. The molecule has 4 heterocycles. The van der Waals surface area contributed by atoms with Crippen LogP contribution in [0.25, 0.3) is 32.2 Å². The van der Waals surface area contributed by atoms with Gasteiger partial charge < -0.3 is 15.4 Å². The summed E-state index contributed by atoms with van der Waals surface area (Å²) in [5.74, 6) is -1.82. The van der Waals surface area contributed by atoms with Crippen molar-refractivity contribution in [2.45, 2.75) is 5.92 Å². The molecule has 0 bridgehead atoms. The lowest BCUT2D eigenvalue weighted by molar-refractivity contribution is -0.118. The van der Waals surface area contributed by atoms with Crippen LogP contribution in [0.5, 0.6) is 0 Å². The van der Waals surface area contributed by atoms with Crippen LogP contribution in [0, 0.1) is 5.82 Å². The first-order chi connectivity index (χ1) is 17.6. The van der Waals surface area contributed by atoms with Crippen LogP contribution in [0.15, 0.2) is 66.4 Å². The summed E-state index contributed by atoms with van der Waals surface area (Å²) in [6.45, 7) is 2.97. The molecule has 1 aliphatic heterocycles. The summed E-state index contributed by atoms with van der Waals surface area (Å²) in [7, 11) is 0. The highest BCUT2D eigenvalue weighted by molar-refractivity contribution is 7.17. The minimum absolute atomic E-state index is 0.281. The van der Waals surface area contributed by atoms with E-state index in [2.05, 4.69) is 19.9 Å². The quantitative estimate of drug-likeness (QED) is 0.383. The summed E-state index contributed by atoms with van der Waals surface area (Å²) >= 11 is 1.50. The van der Waals surface area contributed by atoms with Gasteiger partial charge >= 0.3 is 0 Å². The van der Waals surface area contributed by atoms with Crippen molar-refractivity contribution in [3.05, 3.63) is 83.5 Å². The minimum atomic E-state index is -0.826. The van der Waals surface area contributed by atoms with Gasteiger partial charge in [0.2, 0.25) is 5.91 Å². The Balaban J connectivity index is 1.46. The maximum absolute atomic E-state index is 15.2. The van der Waals surface area contributed by atoms with Crippen LogP contribution < -0.4 is 10.6 Å². The number of primary amides is 1. The zero-order chi connectivity index (χ0) is 24.6. The van der Waals surface area contributed by atoms with E-state index in [1.54, 1.807) is 18.3 Å². The summed E-state index contributed by atoms with van der Waals surface area (Å²) in [6, 6.07) is 14.3. The van der Waals surface area contributed by atoms with E-state index in [4.69, 9.17) is 10.5 Å². The van der Waals surface area contributed by atoms with E-state index in [0.717, 1.165) is 34.2 Å². The van der Waals surface area contributed by atoms with Crippen LogP contribution in [-0.2, 0) is 9.53 Å². The molecule has 0 aliphatic carbocycles. The molecule has 5 aromatic rings. The highest BCUT2D eigenvalue weighted by Crippen LogP contribution is 2.36. The molecule has 7 nitrogen and oxygen atoms in total. The van der Waals surface area contributed by atoms with Crippen molar-refractivity contribution in [1.29, 1.82) is 0 Å². The number of carbonyl (C=O) groups is 1. The second kappa shape index (κ2) is 9.25. The van der Waals surface area contributed by atoms with Crippen LogP contribution in [0.1, 0.15) is 17.2 Å². The molecule has 180 valence electrons. The van der Waals surface area contributed by atoms with Crippen LogP contribution in [0.3, 0.4) is 0 Å². The van der Waals surface area contributed by atoms with Gasteiger partial charge in [-0.05, 0) is 58.8 Å². The number of carbonyl (C=O) groups excluding carboxylic acids is 1. The number of morpholine rings is 1. The first-order valence-corrected chi connectivity index (χ1v) is 12.5. The Morgan fingerprint density at radius 3 is 2.75 bits per heavy atom. The molecule has 2 aromatic carbocycles. The van der Waals surface area contributed by atoms with Gasteiger partial charge in [-0.25, -0.2) is 14.4 Å². The maximum atomic E-state index is 15.2. The fourth-order valence-corrected chi connectivity index (χ4v) is 5.67. The summed E-state index contributed by atoms with van der Waals surface area (Å²) in [4.78, 5) is 28.2. The Morgan fingerprint density at radius 1 is 1.06 bits per heavy atom. The van der Waals surface area contributed by atoms with E-state index in [1.165, 1.54) is 23.7 Å². The van der Waals surface area contributed by atoms with Gasteiger partial charge in [0.25, 0.3) is 0 Å². The van der Waals surface area contributed by atoms with Gasteiger partial charge in [0.15, 0.2) is 0 Å². The Morgan fingerprint density at radius 2 is 1.92 bits per heavy atom. The number of pyridine rings is 1. The smallest absolute Gasteiger partial charge is 0.231 e. The number of anilines is 1. The number of halogens is 1. The van der Waals surface area contributed by atoms with Crippen molar-refractivity contribution in [3.63, 3.8) is 0 Å². The maximum Gasteiger partial charge on any atom is 0.231 e. The monoisotopic (exact) mass is 499 g/mol. The molecule has 0 radical (unpaired) electrons. The zero-order valence-corrected chi connectivity index (χ0v) is 20.0. The summed E-state index contributed by atoms with van der Waals surface area (Å²) < 4.78 is 21.5. The van der Waals surface area contributed by atoms with Crippen LogP contribution in [0.4, 0.5) is 10.1 Å². The van der Waals surface area contributed by atoms with Crippen molar-refractivity contribution >= 4 is 43.9 Å². The number of benzene rings is 2. The molecule has 2 N–H and O–H groups in total. The largest absolute Gasteiger partial charge is 0.378 e. The predicted octanol–water partition coefficient (Wildman–Crippen LogP) is 4.50. The third-order valence-electron chi connectivity index (χ3n) is 6.53. The van der Waals surface area contributed by atoms with E-state index >= 15 is 4.39 Å². The number of aromatic nitrogens is 3. The van der Waals surface area contributed by atoms with Gasteiger partial charge in [-0.2, -0.15) is 0 Å². The topological polar surface area (TPSA) is 94.2 Å². The third kappa shape index (κ3) is 3.96. The number of nitrogens with zero attached hydrogens (tertiary/aromatic N) is 4. The molecule has 36 heavy (non-hydrogen) atoms. The molecule has 1 unspecified atom stereocenters. The van der Waals surface area contributed by atoms with Crippen molar-refractivity contribution in [2.75, 3.05) is 31.2 Å². The average molecular weight is 500 g/mol. The summed E-state index contributed by atoms with van der Waals surface area (Å²) in [5, 5.41) is 3.65. The number of hydrogen-bond donors (Lipinski definition) is 1. The molecular formula is C27H22FN5O2S. The van der Waals surface area contributed by atoms with Gasteiger partial charge in [0, 0.05) is 35.9 Å². The molecule has 1 amide bonds. The van der Waals surface area contributed by atoms with E-state index in [0.29, 0.717) is 35.7 Å². The van der Waals surface area contributed by atoms with Crippen molar-refractivity contribution in [1.82, 2.24) is 15.0 Å². The van der Waals surface area contributed by atoms with Crippen molar-refractivity contribution in [2.24, 2.45) is 5.73 Å². The number of fused-ring (bicyclic) bond motifs is 2. The lowest BCUT2D eigenvalue weighted by Gasteiger charge is -2.29. The first kappa shape index (κ1) is 22.5. The molecule has 3 aromatic heterocycles. The molecule has 9 heteroatoms. The van der Waals surface area contributed by atoms with Crippen LogP contribution in [0.2, 0.25) is 0 Å². The lowest BCUT2D eigenvalue weighted by Crippen LogP contribution is -2.36. The minimum Gasteiger partial charge on any atom is -0.378 e. The van der Waals surface area contributed by atoms with Gasteiger partial charge in [0.1, 0.15) is 18.1 Å². The van der Waals surface area contributed by atoms with Gasteiger partial charge in [0.05, 0.1) is 34.8 Å². The molecule has 1 saturated heterocycles. The van der Waals surface area contributed by atoms with Gasteiger partial charge in [-0.3, -0.25) is 9.78 Å². The summed E-state index contributed by atoms with van der Waals surface area (Å²) in [6.07, 6.45) is 3.10. The Kier molecular flexibility index (Phi) is 5.79. The van der Waals surface area contributed by atoms with Crippen LogP contribution in [-0.4, -0.2) is 47.2 Å². The lowest BCUT2D eigenvalue weighted by atomic mass is 9.91. The molecule has 1 atom stereocenters. The fraction of sp³-hybridized carbons (Fsp3) is 0.185. The van der Waals surface area contributed by atoms with Crippen LogP contribution >= 0.6 is 11.3 Å². The third-order valence-corrected chi connectivity index (χ3v) is 7.48. The normalized spacial score (nSPS) is 14.9. The van der Waals surface area contributed by atoms with E-state index < -0.39 is 17.6 Å². The number of nitrogens with two attached hydrogens (primary N) is 1. The van der Waals surface area contributed by atoms with E-state index in [-0.39, 0.29) is 5.56 Å². The Labute approximate surface area is 210 Å². The second-order valence-corrected chi connectivity index (χ2v) is 9.55. The zero-order valence-electron chi connectivity index (χ0n) is 19.2. The molecule has 1 fully saturated rings. The highest BCUT2D eigenvalue weighted by atomic mass is 32.1. The van der Waals surface area contributed by atoms with Crippen molar-refractivity contribution < 1.29 is 13.9 Å². The molecule has 6 rings (SSSR count). The fourth-order valence-electron chi connectivity index (χ4n) is 4.76. The SMILES string of the molecule is NC(=O)C(c1ccc(F)c(-c2ncnc3cc(N4CCOCC4)ccc23)c1)c1nccc2ccsc12. The first-order valence-electron chi connectivity index (χ1n) is 11.6. The van der Waals surface area contributed by atoms with Gasteiger partial charge in [-0.15, -0.1) is 11.3 Å². The second-order valence-electron chi connectivity index (χ2n) is 8.63. The number of rotatable bonds is 5. The van der Waals surface area contributed by atoms with Crippen molar-refractivity contribution in [3.8, 4) is 11.3 Å². The number of thiophene rings is 1. The number of ether oxygens (including phenoxy) is 1. The molecule has 0 saturated carbocycles. The predicted molar refractivity (Wildman–Crippen MR) is 139 cm³/mol. The van der Waals surface area contributed by atoms with E-state index in [9.17, 15) is 4.79 Å². The number of hydrogen-bond acceptors (Lipinski definition) is 7. The Bertz CT molecular complexity index is 1600.